The van der Waals surface area contributed by atoms with E-state index in [0.29, 0.717) is 24.6 Å². The van der Waals surface area contributed by atoms with Crippen molar-refractivity contribution in [3.8, 4) is 11.1 Å². The first kappa shape index (κ1) is 65.4. The van der Waals surface area contributed by atoms with E-state index in [9.17, 15) is 24.9 Å². The van der Waals surface area contributed by atoms with Gasteiger partial charge in [-0.1, -0.05) is 114 Å². The molecular weight excluding hydrogens is 942 g/mol. The fourth-order valence-corrected chi connectivity index (χ4v) is 14.8. The summed E-state index contributed by atoms with van der Waals surface area (Å²) in [5, 5.41) is 38.2. The molecule has 0 radical (unpaired) electrons. The van der Waals surface area contributed by atoms with Gasteiger partial charge in [0, 0.05) is 46.2 Å². The first-order valence-corrected chi connectivity index (χ1v) is 28.6. The number of nitrogens with zero attached hydrogens (tertiary/aromatic N) is 5. The number of likely N-dealkylation sites (tertiary alicyclic amines) is 1. The van der Waals surface area contributed by atoms with E-state index in [4.69, 9.17) is 4.74 Å². The smallest absolute Gasteiger partial charge is 0.410 e. The van der Waals surface area contributed by atoms with Crippen LogP contribution in [0.25, 0.3) is 11.1 Å². The van der Waals surface area contributed by atoms with E-state index in [0.717, 1.165) is 38.4 Å². The molecule has 76 heavy (non-hydrogen) atoms. The van der Waals surface area contributed by atoms with Crippen LogP contribution in [0.2, 0.25) is 27.3 Å². The summed E-state index contributed by atoms with van der Waals surface area (Å²) in [5.41, 5.74) is 7.03. The van der Waals surface area contributed by atoms with Crippen molar-refractivity contribution in [3.63, 3.8) is 0 Å². The fraction of sp³-hybridized carbons (Fsp3) is 0.689. The van der Waals surface area contributed by atoms with Crippen molar-refractivity contribution >= 4 is 34.3 Å². The summed E-state index contributed by atoms with van der Waals surface area (Å²) in [6, 6.07) is 28.4. The van der Waals surface area contributed by atoms with Crippen molar-refractivity contribution in [2.75, 3.05) is 26.2 Å². The molecule has 5 saturated heterocycles. The molecule has 422 valence electrons. The molecule has 4 atom stereocenters. The van der Waals surface area contributed by atoms with Crippen molar-refractivity contribution in [1.29, 1.82) is 0 Å². The lowest BCUT2D eigenvalue weighted by Crippen LogP contribution is -2.50. The number of carbonyl (C=O) groups excluding carboxylic acids is 1. The van der Waals surface area contributed by atoms with Crippen molar-refractivity contribution in [1.82, 2.24) is 24.1 Å². The summed E-state index contributed by atoms with van der Waals surface area (Å²) in [5.74, 6) is 1.35. The minimum Gasteiger partial charge on any atom is -0.448 e. The average molecular weight is 1050 g/mol. The van der Waals surface area contributed by atoms with E-state index in [1.54, 1.807) is 0 Å². The molecule has 6 aliphatic rings. The third kappa shape index (κ3) is 15.8. The normalized spacial score (nSPS) is 25.4. The lowest BCUT2D eigenvalue weighted by molar-refractivity contribution is 0.0775. The number of carbonyl (C=O) groups is 1. The third-order valence-corrected chi connectivity index (χ3v) is 17.6. The molecule has 0 aromatic heterocycles. The number of benzene rings is 3. The van der Waals surface area contributed by atoms with Gasteiger partial charge in [-0.25, -0.2) is 4.79 Å². The molecule has 5 fully saturated rings. The standard InChI is InChI=1S/C23H27NO2.C14H22BNO.2C8H18BNO.C7H16BNO.CH4/c1-22(2)14-23(3,4)24(15-22)21(25)26-13-20-18-11-7-5-9-16(18)17-10-6-8-12-19(17)20;1-11-13(12-8-6-5-7-9-12)10-14(2,3)16(11)15(4)17;1-7-5-8(2,3)10(6-7)9(4)11;1-7-5-6-8(2,3)10(7)9(4)11;1-7(2)5-4-6-9(7)8(3)10;/h5-12,20H,13-15H2,1-4H3;5-9,11,13,17H,10H2,1-4H3;2*7,11H,5-6H2,1-4H3;10H,4-6H2,1-3H3;1H4/t;11-,13+;;;;/m.0..../s1. The number of hydrogen-bond acceptors (Lipinski definition) is 10. The molecular formula is C61H105B4N5O6. The Morgan fingerprint density at radius 1 is 0.605 bits per heavy atom. The summed E-state index contributed by atoms with van der Waals surface area (Å²) >= 11 is 0. The second-order valence-corrected chi connectivity index (χ2v) is 27.2. The quantitative estimate of drug-likeness (QED) is 0.170. The van der Waals surface area contributed by atoms with Gasteiger partial charge in [-0.15, -0.1) is 0 Å². The van der Waals surface area contributed by atoms with E-state index in [-0.39, 0.29) is 80.7 Å². The Morgan fingerprint density at radius 3 is 1.47 bits per heavy atom. The van der Waals surface area contributed by atoms with E-state index in [1.807, 2.05) is 32.2 Å². The Hall–Kier alpha value is -3.13. The molecule has 3 aromatic carbocycles. The maximum Gasteiger partial charge on any atom is 0.410 e. The van der Waals surface area contributed by atoms with Crippen LogP contribution in [-0.4, -0.2) is 145 Å². The Kier molecular flexibility index (Phi) is 22.4. The third-order valence-electron chi connectivity index (χ3n) is 17.6. The van der Waals surface area contributed by atoms with E-state index < -0.39 is 0 Å². The highest BCUT2D eigenvalue weighted by Crippen LogP contribution is 2.46. The van der Waals surface area contributed by atoms with Gasteiger partial charge in [0.25, 0.3) is 0 Å². The fourth-order valence-electron chi connectivity index (χ4n) is 14.8. The lowest BCUT2D eigenvalue weighted by Gasteiger charge is -2.35. The Bertz CT molecular complexity index is 2250. The van der Waals surface area contributed by atoms with E-state index in [1.165, 1.54) is 59.9 Å². The lowest BCUT2D eigenvalue weighted by atomic mass is 9.80. The molecule has 3 aromatic rings. The molecule has 4 N–H and O–H groups in total. The van der Waals surface area contributed by atoms with Crippen LogP contribution in [0.4, 0.5) is 4.79 Å². The summed E-state index contributed by atoms with van der Waals surface area (Å²) in [7, 11) is -1.26. The van der Waals surface area contributed by atoms with Gasteiger partial charge in [-0.2, -0.15) is 0 Å². The van der Waals surface area contributed by atoms with Crippen LogP contribution in [0, 0.1) is 11.3 Å². The molecule has 2 unspecified atom stereocenters. The molecule has 1 aliphatic carbocycles. The van der Waals surface area contributed by atoms with Gasteiger partial charge in [-0.3, -0.25) is 0 Å². The molecule has 0 saturated carbocycles. The van der Waals surface area contributed by atoms with Gasteiger partial charge in [0.15, 0.2) is 0 Å². The van der Waals surface area contributed by atoms with E-state index >= 15 is 0 Å². The monoisotopic (exact) mass is 1050 g/mol. The zero-order valence-corrected chi connectivity index (χ0v) is 50.3. The average Bonchev–Trinajstić information content (AvgIpc) is 4.10. The van der Waals surface area contributed by atoms with Crippen molar-refractivity contribution < 1.29 is 29.6 Å². The second kappa shape index (κ2) is 26.0. The van der Waals surface area contributed by atoms with Crippen LogP contribution in [-0.2, 0) is 4.74 Å². The van der Waals surface area contributed by atoms with Gasteiger partial charge in [0.05, 0.1) is 0 Å². The molecule has 5 aliphatic heterocycles. The van der Waals surface area contributed by atoms with Crippen LogP contribution in [0.15, 0.2) is 78.9 Å². The maximum atomic E-state index is 12.8. The molecule has 0 spiro atoms. The number of hydrogen-bond donors (Lipinski definition) is 4. The highest BCUT2D eigenvalue weighted by molar-refractivity contribution is 6.46. The number of rotatable bonds is 7. The molecule has 15 heteroatoms. The molecule has 5 heterocycles. The first-order chi connectivity index (χ1) is 34.6. The largest absolute Gasteiger partial charge is 0.448 e. The highest BCUT2D eigenvalue weighted by Gasteiger charge is 2.48. The zero-order valence-electron chi connectivity index (χ0n) is 50.3. The summed E-state index contributed by atoms with van der Waals surface area (Å²) in [6.07, 6.45) is 7.92. The molecule has 0 bridgehead atoms. The van der Waals surface area contributed by atoms with Crippen LogP contribution < -0.4 is 0 Å². The minimum atomic E-state index is -0.381. The van der Waals surface area contributed by atoms with Crippen LogP contribution >= 0.6 is 0 Å². The zero-order chi connectivity index (χ0) is 56.2. The second-order valence-electron chi connectivity index (χ2n) is 27.2. The van der Waals surface area contributed by atoms with Crippen molar-refractivity contribution in [2.45, 2.75) is 235 Å². The predicted molar refractivity (Wildman–Crippen MR) is 325 cm³/mol. The summed E-state index contributed by atoms with van der Waals surface area (Å²) < 4.78 is 5.84. The molecule has 1 amide bonds. The van der Waals surface area contributed by atoms with Gasteiger partial charge in [-0.05, 0) is 213 Å². The Labute approximate surface area is 465 Å². The Balaban J connectivity index is 0.000000217. The van der Waals surface area contributed by atoms with Crippen LogP contribution in [0.1, 0.15) is 185 Å². The van der Waals surface area contributed by atoms with Crippen LogP contribution in [0.3, 0.4) is 0 Å². The number of amides is 1. The predicted octanol–water partition coefficient (Wildman–Crippen LogP) is 12.4. The van der Waals surface area contributed by atoms with Gasteiger partial charge in [0.1, 0.15) is 6.61 Å². The highest BCUT2D eigenvalue weighted by atomic mass is 16.6. The maximum absolute atomic E-state index is 12.8. The van der Waals surface area contributed by atoms with Gasteiger partial charge >= 0.3 is 34.3 Å². The number of ether oxygens (including phenoxy) is 1. The SMILES string of the molecule is C.CB(O)N1C(C)CCC1(C)C.CB(O)N1CC(C)CC1(C)C.CB(O)N1CCCC1(C)C.CB(O)N1[C@@H](C)[C@H](c2ccccc2)CC1(C)C.CC1(C)CN(C(=O)OCC2c3ccccc3-c3ccccc32)C(C)(C)C1. The topological polar surface area (TPSA) is 123 Å². The van der Waals surface area contributed by atoms with Crippen molar-refractivity contribution in [3.05, 3.63) is 95.6 Å². The van der Waals surface area contributed by atoms with Crippen molar-refractivity contribution in [2.24, 2.45) is 11.3 Å². The van der Waals surface area contributed by atoms with Gasteiger partial charge in [0.2, 0.25) is 0 Å². The van der Waals surface area contributed by atoms with Crippen LogP contribution in [0.5, 0.6) is 0 Å². The summed E-state index contributed by atoms with van der Waals surface area (Å²) in [4.78, 5) is 23.5. The molecule has 11 nitrogen and oxygen atoms in total. The Morgan fingerprint density at radius 2 is 1.12 bits per heavy atom. The van der Waals surface area contributed by atoms with E-state index in [2.05, 4.69) is 202 Å². The minimum absolute atomic E-state index is 0. The summed E-state index contributed by atoms with van der Waals surface area (Å²) in [6.45, 7) is 43.6. The first-order valence-electron chi connectivity index (χ1n) is 28.6. The number of fused-ring (bicyclic) bond motifs is 3. The molecule has 9 rings (SSSR count). The van der Waals surface area contributed by atoms with Gasteiger partial charge < -0.3 is 49.0 Å².